The molecular weight excluding hydrogens is 276 g/mol. The van der Waals surface area contributed by atoms with Gasteiger partial charge in [-0.2, -0.15) is 0 Å². The van der Waals surface area contributed by atoms with Gasteiger partial charge in [-0.3, -0.25) is 9.69 Å². The zero-order valence-corrected chi connectivity index (χ0v) is 13.3. The lowest BCUT2D eigenvalue weighted by atomic mass is 10.1. The predicted octanol–water partition coefficient (Wildman–Crippen LogP) is 3.07. The Bertz CT molecular complexity index is 626. The molecule has 0 spiro atoms. The summed E-state index contributed by atoms with van der Waals surface area (Å²) >= 11 is 0. The quantitative estimate of drug-likeness (QED) is 0.891. The van der Waals surface area contributed by atoms with Gasteiger partial charge in [0, 0.05) is 17.8 Å². The van der Waals surface area contributed by atoms with Crippen molar-refractivity contribution in [3.63, 3.8) is 0 Å². The lowest BCUT2D eigenvalue weighted by Crippen LogP contribution is -2.30. The first-order valence-corrected chi connectivity index (χ1v) is 7.25. The first kappa shape index (κ1) is 16.0. The topological polar surface area (TPSA) is 41.6 Å². The van der Waals surface area contributed by atoms with Gasteiger partial charge in [-0.25, -0.2) is 0 Å². The Morgan fingerprint density at radius 3 is 2.59 bits per heavy atom. The maximum Gasteiger partial charge on any atom is 0.238 e. The zero-order chi connectivity index (χ0) is 15.9. The van der Waals surface area contributed by atoms with E-state index in [0.717, 1.165) is 17.0 Å². The summed E-state index contributed by atoms with van der Waals surface area (Å²) in [4.78, 5) is 14.0. The molecule has 116 valence electrons. The number of nitrogens with zero attached hydrogens (tertiary/aromatic N) is 1. The van der Waals surface area contributed by atoms with Gasteiger partial charge in [0.25, 0.3) is 0 Å². The van der Waals surface area contributed by atoms with E-state index in [1.165, 1.54) is 5.56 Å². The molecular formula is C18H22N2O2. The van der Waals surface area contributed by atoms with Crippen molar-refractivity contribution in [2.24, 2.45) is 0 Å². The van der Waals surface area contributed by atoms with E-state index < -0.39 is 0 Å². The zero-order valence-electron chi connectivity index (χ0n) is 13.3. The van der Waals surface area contributed by atoms with E-state index in [0.29, 0.717) is 13.1 Å². The third-order valence-electron chi connectivity index (χ3n) is 3.35. The number of hydrogen-bond donors (Lipinski definition) is 1. The second kappa shape index (κ2) is 7.61. The fraction of sp³-hybridized carbons (Fsp3) is 0.278. The van der Waals surface area contributed by atoms with Crippen molar-refractivity contribution in [1.82, 2.24) is 4.90 Å². The Morgan fingerprint density at radius 2 is 1.91 bits per heavy atom. The summed E-state index contributed by atoms with van der Waals surface area (Å²) in [6.07, 6.45) is 0. The lowest BCUT2D eigenvalue weighted by molar-refractivity contribution is -0.117. The molecule has 0 aliphatic carbocycles. The molecule has 0 saturated carbocycles. The van der Waals surface area contributed by atoms with Crippen molar-refractivity contribution >= 4 is 11.6 Å². The number of nitrogens with one attached hydrogen (secondary N) is 1. The van der Waals surface area contributed by atoms with Crippen LogP contribution in [0, 0.1) is 6.92 Å². The molecule has 4 nitrogen and oxygen atoms in total. The standard InChI is InChI=1S/C18H22N2O2/c1-14-9-10-17(22-3)15(11-14)12-20(2)13-18(21)19-16-7-5-4-6-8-16/h4-11H,12-13H2,1-3H3,(H,19,21). The van der Waals surface area contributed by atoms with Crippen LogP contribution in [-0.4, -0.2) is 31.5 Å². The molecule has 0 fully saturated rings. The third-order valence-corrected chi connectivity index (χ3v) is 3.35. The first-order chi connectivity index (χ1) is 10.6. The van der Waals surface area contributed by atoms with Crippen molar-refractivity contribution in [1.29, 1.82) is 0 Å². The highest BCUT2D eigenvalue weighted by Crippen LogP contribution is 2.20. The number of carbonyl (C=O) groups excluding carboxylic acids is 1. The average molecular weight is 298 g/mol. The summed E-state index contributed by atoms with van der Waals surface area (Å²) in [7, 11) is 3.59. The van der Waals surface area contributed by atoms with Gasteiger partial charge >= 0.3 is 0 Å². The predicted molar refractivity (Wildman–Crippen MR) is 89.1 cm³/mol. The Balaban J connectivity index is 1.94. The van der Waals surface area contributed by atoms with Crippen LogP contribution in [0.25, 0.3) is 0 Å². The SMILES string of the molecule is COc1ccc(C)cc1CN(C)CC(=O)Nc1ccccc1. The smallest absolute Gasteiger partial charge is 0.238 e. The van der Waals surface area contributed by atoms with Gasteiger partial charge in [0.1, 0.15) is 5.75 Å². The molecule has 4 heteroatoms. The monoisotopic (exact) mass is 298 g/mol. The molecule has 2 aromatic carbocycles. The molecule has 0 saturated heterocycles. The van der Waals surface area contributed by atoms with Gasteiger partial charge in [0.15, 0.2) is 0 Å². The van der Waals surface area contributed by atoms with Crippen molar-refractivity contribution in [2.45, 2.75) is 13.5 Å². The number of hydrogen-bond acceptors (Lipinski definition) is 3. The molecule has 0 heterocycles. The minimum absolute atomic E-state index is 0.0275. The van der Waals surface area contributed by atoms with Crippen LogP contribution in [0.3, 0.4) is 0 Å². The minimum Gasteiger partial charge on any atom is -0.496 e. The largest absolute Gasteiger partial charge is 0.496 e. The van der Waals surface area contributed by atoms with Crippen LogP contribution in [0.15, 0.2) is 48.5 Å². The van der Waals surface area contributed by atoms with Crippen LogP contribution in [0.4, 0.5) is 5.69 Å². The molecule has 0 radical (unpaired) electrons. The number of para-hydroxylation sites is 1. The fourth-order valence-electron chi connectivity index (χ4n) is 2.34. The molecule has 2 aromatic rings. The van der Waals surface area contributed by atoms with Crippen molar-refractivity contribution in [2.75, 3.05) is 26.0 Å². The van der Waals surface area contributed by atoms with E-state index >= 15 is 0 Å². The van der Waals surface area contributed by atoms with Crippen LogP contribution < -0.4 is 10.1 Å². The number of anilines is 1. The van der Waals surface area contributed by atoms with Crippen LogP contribution in [0.5, 0.6) is 5.75 Å². The Labute approximate surface area is 131 Å². The van der Waals surface area contributed by atoms with Gasteiger partial charge in [0.05, 0.1) is 13.7 Å². The van der Waals surface area contributed by atoms with Gasteiger partial charge in [-0.05, 0) is 32.2 Å². The summed E-state index contributed by atoms with van der Waals surface area (Å²) < 4.78 is 5.37. The Kier molecular flexibility index (Phi) is 5.55. The highest BCUT2D eigenvalue weighted by molar-refractivity contribution is 5.92. The normalized spacial score (nSPS) is 10.5. The summed E-state index contributed by atoms with van der Waals surface area (Å²) in [5.41, 5.74) is 3.07. The summed E-state index contributed by atoms with van der Waals surface area (Å²) in [5, 5.41) is 2.89. The third kappa shape index (κ3) is 4.60. The molecule has 1 amide bonds. The second-order valence-electron chi connectivity index (χ2n) is 5.40. The molecule has 0 atom stereocenters. The van der Waals surface area contributed by atoms with Crippen molar-refractivity contribution < 1.29 is 9.53 Å². The van der Waals surface area contributed by atoms with E-state index in [4.69, 9.17) is 4.74 Å². The molecule has 0 unspecified atom stereocenters. The number of aryl methyl sites for hydroxylation is 1. The van der Waals surface area contributed by atoms with Crippen LogP contribution >= 0.6 is 0 Å². The molecule has 0 aromatic heterocycles. The fourth-order valence-corrected chi connectivity index (χ4v) is 2.34. The van der Waals surface area contributed by atoms with Crippen molar-refractivity contribution in [3.8, 4) is 5.75 Å². The van der Waals surface area contributed by atoms with Gasteiger partial charge in [-0.1, -0.05) is 35.9 Å². The molecule has 22 heavy (non-hydrogen) atoms. The molecule has 0 aliphatic rings. The van der Waals surface area contributed by atoms with E-state index in [9.17, 15) is 4.79 Å². The number of benzene rings is 2. The number of likely N-dealkylation sites (N-methyl/N-ethyl adjacent to an activating group) is 1. The highest BCUT2D eigenvalue weighted by Gasteiger charge is 2.10. The number of amides is 1. The molecule has 0 aliphatic heterocycles. The molecule has 0 bridgehead atoms. The maximum absolute atomic E-state index is 12.1. The number of ether oxygens (including phenoxy) is 1. The van der Waals surface area contributed by atoms with E-state index in [1.807, 2.05) is 61.3 Å². The summed E-state index contributed by atoms with van der Waals surface area (Å²) in [5.74, 6) is 0.821. The Morgan fingerprint density at radius 1 is 1.18 bits per heavy atom. The number of rotatable bonds is 6. The van der Waals surface area contributed by atoms with Gasteiger partial charge < -0.3 is 10.1 Å². The summed E-state index contributed by atoms with van der Waals surface area (Å²) in [6.45, 7) is 3.03. The van der Waals surface area contributed by atoms with E-state index in [1.54, 1.807) is 7.11 Å². The first-order valence-electron chi connectivity index (χ1n) is 7.25. The number of methoxy groups -OCH3 is 1. The van der Waals surface area contributed by atoms with Crippen LogP contribution in [0.2, 0.25) is 0 Å². The molecule has 1 N–H and O–H groups in total. The van der Waals surface area contributed by atoms with E-state index in [2.05, 4.69) is 11.4 Å². The van der Waals surface area contributed by atoms with Crippen LogP contribution in [0.1, 0.15) is 11.1 Å². The van der Waals surface area contributed by atoms with Crippen molar-refractivity contribution in [3.05, 3.63) is 59.7 Å². The minimum atomic E-state index is -0.0275. The average Bonchev–Trinajstić information content (AvgIpc) is 2.48. The second-order valence-corrected chi connectivity index (χ2v) is 5.40. The van der Waals surface area contributed by atoms with Crippen LogP contribution in [-0.2, 0) is 11.3 Å². The highest BCUT2D eigenvalue weighted by atomic mass is 16.5. The molecule has 2 rings (SSSR count). The summed E-state index contributed by atoms with van der Waals surface area (Å²) in [6, 6.07) is 15.5. The Hall–Kier alpha value is -2.33. The van der Waals surface area contributed by atoms with Gasteiger partial charge in [-0.15, -0.1) is 0 Å². The van der Waals surface area contributed by atoms with Gasteiger partial charge in [0.2, 0.25) is 5.91 Å². The maximum atomic E-state index is 12.1. The number of carbonyl (C=O) groups is 1. The van der Waals surface area contributed by atoms with E-state index in [-0.39, 0.29) is 5.91 Å². The lowest BCUT2D eigenvalue weighted by Gasteiger charge is -2.18.